The highest BCUT2D eigenvalue weighted by atomic mass is 32.2. The van der Waals surface area contributed by atoms with Gasteiger partial charge in [0, 0.05) is 10.4 Å². The van der Waals surface area contributed by atoms with Crippen molar-refractivity contribution >= 4 is 34.9 Å². The number of aliphatic carboxylic acids is 1. The number of rotatable bonds is 4. The number of pyridine rings is 1. The van der Waals surface area contributed by atoms with Crippen molar-refractivity contribution in [3.05, 3.63) is 28.6 Å². The molecule has 0 aliphatic rings. The van der Waals surface area contributed by atoms with E-state index in [1.165, 1.54) is 11.3 Å². The average molecular weight is 316 g/mol. The monoisotopic (exact) mass is 316 g/mol. The van der Waals surface area contributed by atoms with Gasteiger partial charge in [0.2, 0.25) is 0 Å². The van der Waals surface area contributed by atoms with Gasteiger partial charge < -0.3 is 10.8 Å². The maximum absolute atomic E-state index is 10.7. The van der Waals surface area contributed by atoms with Crippen LogP contribution in [0.3, 0.4) is 0 Å². The predicted molar refractivity (Wildman–Crippen MR) is 79.8 cm³/mol. The van der Waals surface area contributed by atoms with Crippen LogP contribution in [0.2, 0.25) is 0 Å². The van der Waals surface area contributed by atoms with Crippen molar-refractivity contribution in [1.29, 1.82) is 10.5 Å². The number of hydrogen-bond donors (Lipinski definition) is 2. The van der Waals surface area contributed by atoms with Crippen LogP contribution in [-0.4, -0.2) is 21.8 Å². The molecule has 3 N–H and O–H groups in total. The van der Waals surface area contributed by atoms with Gasteiger partial charge in [-0.2, -0.15) is 10.5 Å². The van der Waals surface area contributed by atoms with Crippen LogP contribution in [0.4, 0.5) is 5.82 Å². The summed E-state index contributed by atoms with van der Waals surface area (Å²) >= 11 is 2.27. The van der Waals surface area contributed by atoms with E-state index in [2.05, 4.69) is 4.98 Å². The summed E-state index contributed by atoms with van der Waals surface area (Å²) in [5.74, 6) is -1.27. The Morgan fingerprint density at radius 3 is 2.67 bits per heavy atom. The number of thioether (sulfide) groups is 1. The first-order valence-corrected chi connectivity index (χ1v) is 7.47. The van der Waals surface area contributed by atoms with Gasteiger partial charge in [-0.1, -0.05) is 17.8 Å². The molecule has 0 atom stereocenters. The molecule has 2 heterocycles. The molecule has 2 rings (SSSR count). The largest absolute Gasteiger partial charge is 0.481 e. The van der Waals surface area contributed by atoms with Gasteiger partial charge >= 0.3 is 5.97 Å². The number of thiophene rings is 1. The molecule has 21 heavy (non-hydrogen) atoms. The molecule has 2 aromatic heterocycles. The van der Waals surface area contributed by atoms with Crippen molar-refractivity contribution in [3.8, 4) is 22.6 Å². The van der Waals surface area contributed by atoms with Crippen molar-refractivity contribution in [2.45, 2.75) is 5.03 Å². The molecule has 0 aliphatic carbocycles. The maximum Gasteiger partial charge on any atom is 0.313 e. The summed E-state index contributed by atoms with van der Waals surface area (Å²) < 4.78 is 0. The summed E-state index contributed by atoms with van der Waals surface area (Å²) in [5.41, 5.74) is 6.49. The number of nitrogens with zero attached hydrogens (tertiary/aromatic N) is 3. The lowest BCUT2D eigenvalue weighted by molar-refractivity contribution is -0.133. The molecule has 0 aliphatic heterocycles. The van der Waals surface area contributed by atoms with Crippen LogP contribution in [0.5, 0.6) is 0 Å². The number of carbonyl (C=O) groups is 1. The number of aromatic nitrogens is 1. The lowest BCUT2D eigenvalue weighted by Gasteiger charge is -2.10. The van der Waals surface area contributed by atoms with Gasteiger partial charge in [-0.3, -0.25) is 4.79 Å². The molecule has 2 aromatic rings. The van der Waals surface area contributed by atoms with E-state index >= 15 is 0 Å². The van der Waals surface area contributed by atoms with Crippen LogP contribution in [0.1, 0.15) is 11.1 Å². The first-order chi connectivity index (χ1) is 10.1. The minimum Gasteiger partial charge on any atom is -0.481 e. The van der Waals surface area contributed by atoms with Crippen LogP contribution in [-0.2, 0) is 4.79 Å². The molecule has 0 fully saturated rings. The van der Waals surface area contributed by atoms with Gasteiger partial charge in [0.05, 0.1) is 11.3 Å². The predicted octanol–water partition coefficient (Wildman–Crippen LogP) is 2.31. The molecule has 0 bridgehead atoms. The molecule has 0 aromatic carbocycles. The molecule has 104 valence electrons. The second-order valence-electron chi connectivity index (χ2n) is 3.81. The highest BCUT2D eigenvalue weighted by Gasteiger charge is 2.21. The smallest absolute Gasteiger partial charge is 0.313 e. The molecule has 0 radical (unpaired) electrons. The second-order valence-corrected chi connectivity index (χ2v) is 5.72. The number of carboxylic acids is 1. The average Bonchev–Trinajstić information content (AvgIpc) is 2.97. The Balaban J connectivity index is 2.69. The Morgan fingerprint density at radius 1 is 1.43 bits per heavy atom. The number of nitriles is 2. The van der Waals surface area contributed by atoms with E-state index in [4.69, 9.17) is 10.8 Å². The van der Waals surface area contributed by atoms with E-state index in [0.717, 1.165) is 16.6 Å². The van der Waals surface area contributed by atoms with Crippen molar-refractivity contribution in [2.24, 2.45) is 0 Å². The van der Waals surface area contributed by atoms with E-state index in [9.17, 15) is 15.3 Å². The number of anilines is 1. The van der Waals surface area contributed by atoms with Crippen LogP contribution in [0, 0.1) is 22.7 Å². The lowest BCUT2D eigenvalue weighted by Crippen LogP contribution is -2.05. The van der Waals surface area contributed by atoms with E-state index < -0.39 is 5.97 Å². The van der Waals surface area contributed by atoms with Crippen molar-refractivity contribution in [2.75, 3.05) is 11.5 Å². The highest BCUT2D eigenvalue weighted by Crippen LogP contribution is 2.37. The first kappa shape index (κ1) is 14.9. The Bertz CT molecular complexity index is 773. The fraction of sp³-hybridized carbons (Fsp3) is 0.0769. The summed E-state index contributed by atoms with van der Waals surface area (Å²) in [6.45, 7) is 0. The molecular weight excluding hydrogens is 308 g/mol. The summed E-state index contributed by atoms with van der Waals surface area (Å²) in [5, 5.41) is 29.4. The highest BCUT2D eigenvalue weighted by molar-refractivity contribution is 7.99. The third kappa shape index (κ3) is 2.97. The Kier molecular flexibility index (Phi) is 4.43. The molecule has 0 saturated heterocycles. The van der Waals surface area contributed by atoms with Crippen LogP contribution in [0.15, 0.2) is 22.5 Å². The molecule has 0 unspecified atom stereocenters. The Morgan fingerprint density at radius 2 is 2.14 bits per heavy atom. The van der Waals surface area contributed by atoms with Crippen molar-refractivity contribution < 1.29 is 9.90 Å². The van der Waals surface area contributed by atoms with Crippen molar-refractivity contribution in [1.82, 2.24) is 4.98 Å². The topological polar surface area (TPSA) is 124 Å². The fourth-order valence-electron chi connectivity index (χ4n) is 1.70. The SMILES string of the molecule is N#Cc1c(N)nc(SCC(=O)O)c(C#N)c1-c1cccs1. The Hall–Kier alpha value is -2.55. The van der Waals surface area contributed by atoms with Gasteiger partial charge in [-0.05, 0) is 11.4 Å². The van der Waals surface area contributed by atoms with Gasteiger partial charge in [0.15, 0.2) is 0 Å². The lowest BCUT2D eigenvalue weighted by atomic mass is 10.0. The maximum atomic E-state index is 10.7. The number of nitrogens with two attached hydrogens (primary N) is 1. The van der Waals surface area contributed by atoms with E-state index in [1.807, 2.05) is 17.5 Å². The number of carboxylic acid groups (broad SMARTS) is 1. The standard InChI is InChI=1S/C13H8N4O2S2/c14-4-7-11(9-2-1-3-20-9)8(5-15)13(17-12(7)16)21-6-10(18)19/h1-3H,6H2,(H2,16,17)(H,18,19). The number of nitrogen functional groups attached to an aromatic ring is 1. The summed E-state index contributed by atoms with van der Waals surface area (Å²) in [4.78, 5) is 15.4. The molecule has 0 saturated carbocycles. The molecular formula is C13H8N4O2S2. The zero-order chi connectivity index (χ0) is 15.4. The normalized spacial score (nSPS) is 9.81. The summed E-state index contributed by atoms with van der Waals surface area (Å²) in [6.07, 6.45) is 0. The van der Waals surface area contributed by atoms with Gasteiger partial charge in [0.25, 0.3) is 0 Å². The Labute approximate surface area is 128 Å². The summed E-state index contributed by atoms with van der Waals surface area (Å²) in [7, 11) is 0. The third-order valence-corrected chi connectivity index (χ3v) is 4.36. The number of hydrogen-bond acceptors (Lipinski definition) is 7. The zero-order valence-electron chi connectivity index (χ0n) is 10.5. The fourth-order valence-corrected chi connectivity index (χ4v) is 3.20. The van der Waals surface area contributed by atoms with E-state index in [0.29, 0.717) is 5.56 Å². The molecule has 6 nitrogen and oxygen atoms in total. The molecule has 8 heteroatoms. The van der Waals surface area contributed by atoms with Gasteiger partial charge in [0.1, 0.15) is 28.5 Å². The van der Waals surface area contributed by atoms with E-state index in [-0.39, 0.29) is 27.7 Å². The minimum absolute atomic E-state index is 0.00668. The first-order valence-electron chi connectivity index (χ1n) is 5.60. The van der Waals surface area contributed by atoms with Crippen molar-refractivity contribution in [3.63, 3.8) is 0 Å². The van der Waals surface area contributed by atoms with E-state index in [1.54, 1.807) is 12.1 Å². The molecule has 0 amide bonds. The van der Waals surface area contributed by atoms with Gasteiger partial charge in [-0.15, -0.1) is 11.3 Å². The van der Waals surface area contributed by atoms with Gasteiger partial charge in [-0.25, -0.2) is 4.98 Å². The minimum atomic E-state index is -1.02. The zero-order valence-corrected chi connectivity index (χ0v) is 12.2. The van der Waals surface area contributed by atoms with Crippen LogP contribution in [0.25, 0.3) is 10.4 Å². The summed E-state index contributed by atoms with van der Waals surface area (Å²) in [6, 6.07) is 7.53. The third-order valence-electron chi connectivity index (χ3n) is 2.52. The van der Waals surface area contributed by atoms with Crippen LogP contribution >= 0.6 is 23.1 Å². The van der Waals surface area contributed by atoms with Crippen LogP contribution < -0.4 is 5.73 Å². The molecule has 0 spiro atoms. The second kappa shape index (κ2) is 6.27. The quantitative estimate of drug-likeness (QED) is 0.829.